The average Bonchev–Trinajstić information content (AvgIpc) is 2.73. The molecule has 0 aliphatic rings. The van der Waals surface area contributed by atoms with E-state index in [4.69, 9.17) is 0 Å². The highest BCUT2D eigenvalue weighted by molar-refractivity contribution is 7.17. The number of anilines is 1. The van der Waals surface area contributed by atoms with Crippen LogP contribution in [0.25, 0.3) is 10.1 Å². The van der Waals surface area contributed by atoms with E-state index in [1.165, 1.54) is 28.6 Å². The van der Waals surface area contributed by atoms with Gasteiger partial charge in [0.2, 0.25) is 0 Å². The Labute approximate surface area is 108 Å². The normalized spacial score (nSPS) is 13.2. The molecule has 0 saturated heterocycles. The minimum Gasteiger partial charge on any atom is -0.383 e. The van der Waals surface area contributed by atoms with Gasteiger partial charge in [-0.1, -0.05) is 13.8 Å². The van der Waals surface area contributed by atoms with Crippen LogP contribution in [0.4, 0.5) is 5.69 Å². The van der Waals surface area contributed by atoms with E-state index >= 15 is 0 Å². The molecule has 1 aromatic heterocycles. The van der Waals surface area contributed by atoms with Gasteiger partial charge < -0.3 is 5.32 Å². The van der Waals surface area contributed by atoms with Gasteiger partial charge in [0.25, 0.3) is 0 Å². The highest BCUT2D eigenvalue weighted by Crippen LogP contribution is 2.24. The number of thiophene rings is 1. The second kappa shape index (κ2) is 5.54. The summed E-state index contributed by atoms with van der Waals surface area (Å²) in [4.78, 5) is 0. The Bertz CT molecular complexity index is 472. The van der Waals surface area contributed by atoms with Gasteiger partial charge in [0.15, 0.2) is 0 Å². The van der Waals surface area contributed by atoms with Gasteiger partial charge >= 0.3 is 0 Å². The summed E-state index contributed by atoms with van der Waals surface area (Å²) < 4.78 is 1.37. The molecule has 0 aliphatic heterocycles. The number of benzene rings is 1. The second-order valence-corrected chi connectivity index (χ2v) is 6.14. The molecule has 1 unspecified atom stereocenters. The van der Waals surface area contributed by atoms with Crippen molar-refractivity contribution in [2.24, 2.45) is 5.92 Å². The lowest BCUT2D eigenvalue weighted by molar-refractivity contribution is 0.528. The van der Waals surface area contributed by atoms with Crippen LogP contribution >= 0.6 is 11.3 Å². The first-order valence-corrected chi connectivity index (χ1v) is 7.27. The Morgan fingerprint density at radius 1 is 1.12 bits per heavy atom. The Hall–Kier alpha value is -1.02. The smallest absolute Gasteiger partial charge is 0.0349 e. The first kappa shape index (κ1) is 12.4. The summed E-state index contributed by atoms with van der Waals surface area (Å²) in [5.41, 5.74) is 1.24. The standard InChI is InChI=1S/C15H21NS/c1-11(2)4-5-12(3)16-14-6-7-15-13(10-14)8-9-17-15/h6-12,16H,4-5H2,1-3H3. The van der Waals surface area contributed by atoms with Crippen LogP contribution in [-0.4, -0.2) is 6.04 Å². The Morgan fingerprint density at radius 2 is 1.94 bits per heavy atom. The molecule has 2 heteroatoms. The van der Waals surface area contributed by atoms with Gasteiger partial charge in [-0.2, -0.15) is 0 Å². The molecule has 1 N–H and O–H groups in total. The van der Waals surface area contributed by atoms with Crippen molar-refractivity contribution in [2.75, 3.05) is 5.32 Å². The van der Waals surface area contributed by atoms with Crippen LogP contribution in [0.2, 0.25) is 0 Å². The zero-order valence-corrected chi connectivity index (χ0v) is 11.7. The molecule has 2 rings (SSSR count). The third-order valence-electron chi connectivity index (χ3n) is 3.04. The van der Waals surface area contributed by atoms with E-state index in [1.54, 1.807) is 11.3 Å². The molecule has 0 radical (unpaired) electrons. The molecule has 1 aromatic carbocycles. The fourth-order valence-electron chi connectivity index (χ4n) is 2.00. The highest BCUT2D eigenvalue weighted by atomic mass is 32.1. The maximum atomic E-state index is 3.58. The lowest BCUT2D eigenvalue weighted by Gasteiger charge is -2.16. The fraction of sp³-hybridized carbons (Fsp3) is 0.467. The van der Waals surface area contributed by atoms with Crippen molar-refractivity contribution in [2.45, 2.75) is 39.7 Å². The van der Waals surface area contributed by atoms with Crippen molar-refractivity contribution in [1.29, 1.82) is 0 Å². The average molecular weight is 247 g/mol. The minimum atomic E-state index is 0.550. The predicted octanol–water partition coefficient (Wildman–Crippen LogP) is 5.14. The summed E-state index contributed by atoms with van der Waals surface area (Å²) >= 11 is 1.80. The molecular weight excluding hydrogens is 226 g/mol. The summed E-state index contributed by atoms with van der Waals surface area (Å²) in [5.74, 6) is 0.790. The molecule has 0 bridgehead atoms. The van der Waals surface area contributed by atoms with Crippen molar-refractivity contribution < 1.29 is 0 Å². The quantitative estimate of drug-likeness (QED) is 0.771. The predicted molar refractivity (Wildman–Crippen MR) is 79.0 cm³/mol. The summed E-state index contributed by atoms with van der Waals surface area (Å²) in [6, 6.07) is 9.37. The van der Waals surface area contributed by atoms with Crippen LogP contribution in [0.3, 0.4) is 0 Å². The third-order valence-corrected chi connectivity index (χ3v) is 3.94. The van der Waals surface area contributed by atoms with E-state index in [0.29, 0.717) is 6.04 Å². The van der Waals surface area contributed by atoms with Gasteiger partial charge in [-0.05, 0) is 60.7 Å². The number of fused-ring (bicyclic) bond motifs is 1. The van der Waals surface area contributed by atoms with Gasteiger partial charge in [-0.15, -0.1) is 11.3 Å². The van der Waals surface area contributed by atoms with Crippen molar-refractivity contribution in [3.63, 3.8) is 0 Å². The summed E-state index contributed by atoms with van der Waals surface area (Å²) in [5, 5.41) is 7.08. The number of rotatable bonds is 5. The molecule has 1 atom stereocenters. The van der Waals surface area contributed by atoms with Crippen LogP contribution in [0, 0.1) is 5.92 Å². The number of nitrogens with one attached hydrogen (secondary N) is 1. The molecule has 0 aliphatic carbocycles. The maximum Gasteiger partial charge on any atom is 0.0349 e. The Morgan fingerprint density at radius 3 is 2.71 bits per heavy atom. The van der Waals surface area contributed by atoms with E-state index in [0.717, 1.165) is 5.92 Å². The zero-order valence-electron chi connectivity index (χ0n) is 10.9. The lowest BCUT2D eigenvalue weighted by Crippen LogP contribution is -2.15. The number of hydrogen-bond donors (Lipinski definition) is 1. The summed E-state index contributed by atoms with van der Waals surface area (Å²) in [6.07, 6.45) is 2.52. The van der Waals surface area contributed by atoms with E-state index in [2.05, 4.69) is 55.7 Å². The van der Waals surface area contributed by atoms with Gasteiger partial charge in [0.05, 0.1) is 0 Å². The minimum absolute atomic E-state index is 0.550. The Balaban J connectivity index is 1.97. The fourth-order valence-corrected chi connectivity index (χ4v) is 2.77. The summed E-state index contributed by atoms with van der Waals surface area (Å²) in [6.45, 7) is 6.83. The van der Waals surface area contributed by atoms with Crippen LogP contribution in [-0.2, 0) is 0 Å². The molecule has 1 heterocycles. The van der Waals surface area contributed by atoms with Gasteiger partial charge in [0, 0.05) is 16.4 Å². The van der Waals surface area contributed by atoms with Crippen LogP contribution < -0.4 is 5.32 Å². The van der Waals surface area contributed by atoms with Crippen molar-refractivity contribution in [3.8, 4) is 0 Å². The highest BCUT2D eigenvalue weighted by Gasteiger charge is 2.04. The second-order valence-electron chi connectivity index (χ2n) is 5.19. The van der Waals surface area contributed by atoms with E-state index in [-0.39, 0.29) is 0 Å². The summed E-state index contributed by atoms with van der Waals surface area (Å²) in [7, 11) is 0. The molecule has 92 valence electrons. The van der Waals surface area contributed by atoms with Gasteiger partial charge in [-0.25, -0.2) is 0 Å². The molecule has 0 amide bonds. The molecule has 1 nitrogen and oxygen atoms in total. The van der Waals surface area contributed by atoms with Gasteiger partial charge in [-0.3, -0.25) is 0 Å². The molecule has 0 saturated carbocycles. The SMILES string of the molecule is CC(C)CCC(C)Nc1ccc2sccc2c1. The first-order valence-electron chi connectivity index (χ1n) is 6.39. The molecular formula is C15H21NS. The molecule has 2 aromatic rings. The maximum absolute atomic E-state index is 3.58. The Kier molecular flexibility index (Phi) is 4.06. The van der Waals surface area contributed by atoms with Gasteiger partial charge in [0.1, 0.15) is 0 Å². The van der Waals surface area contributed by atoms with Crippen molar-refractivity contribution in [3.05, 3.63) is 29.6 Å². The third kappa shape index (κ3) is 3.47. The monoisotopic (exact) mass is 247 g/mol. The zero-order chi connectivity index (χ0) is 12.3. The first-order chi connectivity index (χ1) is 8.15. The topological polar surface area (TPSA) is 12.0 Å². The van der Waals surface area contributed by atoms with Crippen LogP contribution in [0.5, 0.6) is 0 Å². The van der Waals surface area contributed by atoms with Crippen LogP contribution in [0.1, 0.15) is 33.6 Å². The van der Waals surface area contributed by atoms with Crippen LogP contribution in [0.15, 0.2) is 29.6 Å². The molecule has 17 heavy (non-hydrogen) atoms. The number of hydrogen-bond acceptors (Lipinski definition) is 2. The molecule has 0 fully saturated rings. The lowest BCUT2D eigenvalue weighted by atomic mass is 10.0. The van der Waals surface area contributed by atoms with E-state index in [9.17, 15) is 0 Å². The van der Waals surface area contributed by atoms with Crippen molar-refractivity contribution >= 4 is 27.1 Å². The molecule has 0 spiro atoms. The van der Waals surface area contributed by atoms with Crippen molar-refractivity contribution in [1.82, 2.24) is 0 Å². The van der Waals surface area contributed by atoms with E-state index in [1.807, 2.05) is 0 Å². The van der Waals surface area contributed by atoms with E-state index < -0.39 is 0 Å². The largest absolute Gasteiger partial charge is 0.383 e.